The molecule has 0 radical (unpaired) electrons. The molecule has 0 aliphatic carbocycles. The zero-order valence-corrected chi connectivity index (χ0v) is 17.8. The fourth-order valence-corrected chi connectivity index (χ4v) is 5.07. The Labute approximate surface area is 176 Å². The first-order valence-corrected chi connectivity index (χ1v) is 10.6. The van der Waals surface area contributed by atoms with E-state index in [0.29, 0.717) is 5.92 Å². The highest BCUT2D eigenvalue weighted by Crippen LogP contribution is 2.50. The molecule has 146 valence electrons. The number of para-hydroxylation sites is 1. The van der Waals surface area contributed by atoms with Crippen LogP contribution in [0.5, 0.6) is 11.5 Å². The van der Waals surface area contributed by atoms with Crippen LogP contribution in [0.3, 0.4) is 0 Å². The maximum Gasteiger partial charge on any atom is 0.228 e. The number of rotatable bonds is 1. The number of aryl methyl sites for hydroxylation is 2. The summed E-state index contributed by atoms with van der Waals surface area (Å²) in [5, 5.41) is 6.26. The van der Waals surface area contributed by atoms with Gasteiger partial charge in [0.15, 0.2) is 0 Å². The van der Waals surface area contributed by atoms with Crippen LogP contribution in [0.15, 0.2) is 66.7 Å². The molecule has 0 N–H and O–H groups in total. The van der Waals surface area contributed by atoms with Crippen LogP contribution in [0.25, 0.3) is 43.7 Å². The lowest BCUT2D eigenvalue weighted by Gasteiger charge is -2.24. The summed E-state index contributed by atoms with van der Waals surface area (Å²) in [5.74, 6) is 2.35. The largest absolute Gasteiger partial charge is 0.456 e. The molecule has 30 heavy (non-hydrogen) atoms. The van der Waals surface area contributed by atoms with Gasteiger partial charge in [-0.2, -0.15) is 4.57 Å². The van der Waals surface area contributed by atoms with Crippen molar-refractivity contribution in [1.29, 1.82) is 0 Å². The Bertz CT molecular complexity index is 1510. The highest BCUT2D eigenvalue weighted by molar-refractivity contribution is 6.14. The monoisotopic (exact) mass is 390 g/mol. The molecule has 2 nitrogen and oxygen atoms in total. The first kappa shape index (κ1) is 17.5. The SMILES string of the molecule is Cc1c2c(cc3ccccc13)Oc1cc(C(C)C)cc3c1c-2[n+](C)c1ccccc31. The van der Waals surface area contributed by atoms with Crippen molar-refractivity contribution in [3.05, 3.63) is 77.9 Å². The van der Waals surface area contributed by atoms with Gasteiger partial charge in [0.2, 0.25) is 11.2 Å². The minimum Gasteiger partial charge on any atom is -0.456 e. The maximum atomic E-state index is 6.62. The molecule has 2 heteroatoms. The lowest BCUT2D eigenvalue weighted by molar-refractivity contribution is -0.632. The summed E-state index contributed by atoms with van der Waals surface area (Å²) in [6.07, 6.45) is 0. The third-order valence-corrected chi connectivity index (χ3v) is 6.65. The molecule has 0 spiro atoms. The average Bonchev–Trinajstić information content (AvgIpc) is 2.76. The predicted molar refractivity (Wildman–Crippen MR) is 124 cm³/mol. The van der Waals surface area contributed by atoms with Gasteiger partial charge in [-0.3, -0.25) is 0 Å². The van der Waals surface area contributed by atoms with Gasteiger partial charge in [-0.15, -0.1) is 0 Å². The summed E-state index contributed by atoms with van der Waals surface area (Å²) in [5.41, 5.74) is 6.28. The second-order valence-electron chi connectivity index (χ2n) is 8.72. The zero-order valence-electron chi connectivity index (χ0n) is 17.8. The van der Waals surface area contributed by atoms with Gasteiger partial charge in [-0.05, 0) is 59.0 Å². The molecule has 0 saturated carbocycles. The van der Waals surface area contributed by atoms with Crippen molar-refractivity contribution in [1.82, 2.24) is 0 Å². The van der Waals surface area contributed by atoms with E-state index >= 15 is 0 Å². The molecule has 6 rings (SSSR count). The summed E-state index contributed by atoms with van der Waals surface area (Å²) >= 11 is 0. The quantitative estimate of drug-likeness (QED) is 0.214. The van der Waals surface area contributed by atoms with Gasteiger partial charge in [0.25, 0.3) is 0 Å². The molecule has 0 amide bonds. The summed E-state index contributed by atoms with van der Waals surface area (Å²) < 4.78 is 8.97. The van der Waals surface area contributed by atoms with E-state index in [9.17, 15) is 0 Å². The fraction of sp³-hybridized carbons (Fsp3) is 0.179. The van der Waals surface area contributed by atoms with Gasteiger partial charge < -0.3 is 4.74 Å². The van der Waals surface area contributed by atoms with Crippen LogP contribution in [-0.4, -0.2) is 0 Å². The molecule has 4 aromatic carbocycles. The lowest BCUT2D eigenvalue weighted by atomic mass is 9.89. The topological polar surface area (TPSA) is 13.1 Å². The van der Waals surface area contributed by atoms with Crippen molar-refractivity contribution in [3.63, 3.8) is 0 Å². The normalized spacial score (nSPS) is 12.6. The van der Waals surface area contributed by atoms with Gasteiger partial charge in [-0.25, -0.2) is 0 Å². The second kappa shape index (κ2) is 6.06. The summed E-state index contributed by atoms with van der Waals surface area (Å²) in [6, 6.07) is 24.1. The van der Waals surface area contributed by atoms with Gasteiger partial charge in [0, 0.05) is 11.5 Å². The van der Waals surface area contributed by atoms with Crippen molar-refractivity contribution < 1.29 is 9.30 Å². The summed E-state index contributed by atoms with van der Waals surface area (Å²) in [6.45, 7) is 6.71. The second-order valence-corrected chi connectivity index (χ2v) is 8.72. The molecule has 1 aliphatic rings. The Hall–Kier alpha value is -3.39. The lowest BCUT2D eigenvalue weighted by Crippen LogP contribution is -2.33. The smallest absolute Gasteiger partial charge is 0.228 e. The number of nitrogens with zero attached hydrogens (tertiary/aromatic N) is 1. The highest BCUT2D eigenvalue weighted by atomic mass is 16.5. The van der Waals surface area contributed by atoms with E-state index in [2.05, 4.69) is 99.1 Å². The van der Waals surface area contributed by atoms with Crippen molar-refractivity contribution in [2.45, 2.75) is 26.7 Å². The third-order valence-electron chi connectivity index (χ3n) is 6.65. The Kier molecular flexibility index (Phi) is 3.53. The van der Waals surface area contributed by atoms with Gasteiger partial charge in [0.1, 0.15) is 18.5 Å². The Morgan fingerprint density at radius 2 is 1.53 bits per heavy atom. The van der Waals surface area contributed by atoms with E-state index in [1.165, 1.54) is 54.8 Å². The molecule has 0 bridgehead atoms. The Morgan fingerprint density at radius 3 is 2.33 bits per heavy atom. The van der Waals surface area contributed by atoms with Crippen LogP contribution in [0.2, 0.25) is 0 Å². The molecule has 0 atom stereocenters. The van der Waals surface area contributed by atoms with Crippen LogP contribution >= 0.6 is 0 Å². The number of pyridine rings is 1. The van der Waals surface area contributed by atoms with E-state index in [1.807, 2.05) is 0 Å². The zero-order chi connectivity index (χ0) is 20.6. The summed E-state index contributed by atoms with van der Waals surface area (Å²) in [7, 11) is 2.18. The van der Waals surface area contributed by atoms with Crippen LogP contribution in [0.1, 0.15) is 30.9 Å². The molecule has 2 heterocycles. The standard InChI is InChI=1S/C28H24NO/c1-16(2)19-13-22-21-11-7-8-12-23(21)29(4)28-26-17(3)20-10-6-5-9-18(20)14-24(26)30-25(15-19)27(22)28/h5-16H,1-4H3/q+1. The van der Waals surface area contributed by atoms with Crippen molar-refractivity contribution in [3.8, 4) is 22.8 Å². The third kappa shape index (κ3) is 2.22. The van der Waals surface area contributed by atoms with Gasteiger partial charge >= 0.3 is 0 Å². The average molecular weight is 391 g/mol. The van der Waals surface area contributed by atoms with E-state index in [1.54, 1.807) is 0 Å². The number of ether oxygens (including phenoxy) is 1. The minimum atomic E-state index is 0.435. The van der Waals surface area contributed by atoms with E-state index in [-0.39, 0.29) is 0 Å². The number of hydrogen-bond donors (Lipinski definition) is 0. The van der Waals surface area contributed by atoms with E-state index < -0.39 is 0 Å². The molecule has 1 aromatic heterocycles. The van der Waals surface area contributed by atoms with E-state index in [0.717, 1.165) is 11.5 Å². The number of fused-ring (bicyclic) bond motifs is 5. The van der Waals surface area contributed by atoms with E-state index in [4.69, 9.17) is 4.74 Å². The fourth-order valence-electron chi connectivity index (χ4n) is 5.07. The minimum absolute atomic E-state index is 0.435. The molecule has 0 fully saturated rings. The Morgan fingerprint density at radius 1 is 0.800 bits per heavy atom. The van der Waals surface area contributed by atoms with Crippen molar-refractivity contribution in [2.75, 3.05) is 0 Å². The molecular weight excluding hydrogens is 366 g/mol. The number of hydrogen-bond acceptors (Lipinski definition) is 1. The predicted octanol–water partition coefficient (Wildman–Crippen LogP) is 7.18. The molecule has 0 saturated heterocycles. The Balaban J connectivity index is 1.87. The molecule has 5 aromatic rings. The van der Waals surface area contributed by atoms with Crippen LogP contribution < -0.4 is 9.30 Å². The summed E-state index contributed by atoms with van der Waals surface area (Å²) in [4.78, 5) is 0. The molecular formula is C28H24NO+. The van der Waals surface area contributed by atoms with Gasteiger partial charge in [-0.1, -0.05) is 50.2 Å². The first-order valence-electron chi connectivity index (χ1n) is 10.6. The van der Waals surface area contributed by atoms with Crippen LogP contribution in [0.4, 0.5) is 0 Å². The van der Waals surface area contributed by atoms with Crippen molar-refractivity contribution >= 4 is 32.4 Å². The van der Waals surface area contributed by atoms with Crippen molar-refractivity contribution in [2.24, 2.45) is 7.05 Å². The maximum absolute atomic E-state index is 6.62. The number of aromatic nitrogens is 1. The molecule has 1 aliphatic heterocycles. The number of benzene rings is 4. The molecule has 0 unspecified atom stereocenters. The van der Waals surface area contributed by atoms with Crippen LogP contribution in [0, 0.1) is 6.92 Å². The highest BCUT2D eigenvalue weighted by Gasteiger charge is 2.32. The van der Waals surface area contributed by atoms with Gasteiger partial charge in [0.05, 0.1) is 16.3 Å². The first-order chi connectivity index (χ1) is 14.5. The van der Waals surface area contributed by atoms with Crippen LogP contribution in [-0.2, 0) is 7.05 Å².